The van der Waals surface area contributed by atoms with Crippen molar-refractivity contribution >= 4 is 21.6 Å². The molecule has 1 aliphatic heterocycles. The number of hydrogen-bond acceptors (Lipinski definition) is 4. The van der Waals surface area contributed by atoms with Crippen molar-refractivity contribution in [3.63, 3.8) is 0 Å². The maximum atomic E-state index is 12.9. The van der Waals surface area contributed by atoms with Gasteiger partial charge in [0.2, 0.25) is 10.0 Å². The first kappa shape index (κ1) is 21.1. The summed E-state index contributed by atoms with van der Waals surface area (Å²) in [6.07, 6.45) is 1.77. The molecule has 0 spiro atoms. The van der Waals surface area contributed by atoms with Gasteiger partial charge in [0, 0.05) is 18.7 Å². The number of sulfonamides is 1. The predicted octanol–water partition coefficient (Wildman–Crippen LogP) is 3.82. The number of hydrogen-bond donors (Lipinski definition) is 1. The zero-order chi connectivity index (χ0) is 21.7. The molecule has 1 saturated heterocycles. The molecule has 0 saturated carbocycles. The highest BCUT2D eigenvalue weighted by Crippen LogP contribution is 2.21. The molecule has 1 heterocycles. The molecular weight excluding hydrogens is 410 g/mol. The fourth-order valence-electron chi connectivity index (χ4n) is 3.61. The van der Waals surface area contributed by atoms with Crippen molar-refractivity contribution in [1.29, 1.82) is 0 Å². The van der Waals surface area contributed by atoms with Crippen LogP contribution in [-0.4, -0.2) is 31.7 Å². The average molecular weight is 436 g/mol. The van der Waals surface area contributed by atoms with E-state index in [0.29, 0.717) is 25.2 Å². The minimum atomic E-state index is -3.50. The first-order chi connectivity index (χ1) is 15.0. The van der Waals surface area contributed by atoms with Gasteiger partial charge in [-0.1, -0.05) is 48.5 Å². The number of carbonyl (C=O) groups is 1. The molecule has 0 aromatic heterocycles. The molecule has 1 amide bonds. The molecule has 1 aliphatic rings. The Morgan fingerprint density at radius 2 is 1.42 bits per heavy atom. The topological polar surface area (TPSA) is 69.7 Å². The van der Waals surface area contributed by atoms with Crippen LogP contribution in [0.3, 0.4) is 0 Å². The third-order valence-electron chi connectivity index (χ3n) is 5.31. The Hall–Kier alpha value is -3.16. The van der Waals surface area contributed by atoms with Gasteiger partial charge >= 0.3 is 0 Å². The van der Waals surface area contributed by atoms with Gasteiger partial charge in [0.1, 0.15) is 0 Å². The molecule has 7 heteroatoms. The molecule has 6 nitrogen and oxygen atoms in total. The average Bonchev–Trinajstić information content (AvgIpc) is 3.36. The SMILES string of the molecule is O=C(NN(Cc1ccccc1)c1ccccc1)c1ccc(S(=O)(=O)N2CCCC2)cc1. The first-order valence-electron chi connectivity index (χ1n) is 10.3. The van der Waals surface area contributed by atoms with Crippen LogP contribution in [0.4, 0.5) is 5.69 Å². The molecule has 0 radical (unpaired) electrons. The number of amides is 1. The maximum absolute atomic E-state index is 12.9. The Kier molecular flexibility index (Phi) is 6.34. The first-order valence-corrected chi connectivity index (χ1v) is 11.8. The third kappa shape index (κ3) is 4.95. The van der Waals surface area contributed by atoms with Crippen LogP contribution in [0.15, 0.2) is 89.8 Å². The number of benzene rings is 3. The molecule has 1 fully saturated rings. The smallest absolute Gasteiger partial charge is 0.269 e. The van der Waals surface area contributed by atoms with Crippen molar-refractivity contribution in [1.82, 2.24) is 9.73 Å². The minimum Gasteiger partial charge on any atom is -0.281 e. The molecule has 0 aliphatic carbocycles. The van der Waals surface area contributed by atoms with E-state index >= 15 is 0 Å². The van der Waals surface area contributed by atoms with Crippen LogP contribution in [-0.2, 0) is 16.6 Å². The second-order valence-electron chi connectivity index (χ2n) is 7.48. The number of rotatable bonds is 7. The van der Waals surface area contributed by atoms with E-state index in [2.05, 4.69) is 5.43 Å². The van der Waals surface area contributed by atoms with Gasteiger partial charge in [0.25, 0.3) is 5.91 Å². The maximum Gasteiger partial charge on any atom is 0.269 e. The summed E-state index contributed by atoms with van der Waals surface area (Å²) in [7, 11) is -3.50. The fraction of sp³-hybridized carbons (Fsp3) is 0.208. The quantitative estimate of drug-likeness (QED) is 0.573. The molecule has 4 rings (SSSR count). The van der Waals surface area contributed by atoms with Crippen molar-refractivity contribution < 1.29 is 13.2 Å². The monoisotopic (exact) mass is 435 g/mol. The van der Waals surface area contributed by atoms with Crippen molar-refractivity contribution in [2.75, 3.05) is 18.1 Å². The number of para-hydroxylation sites is 1. The van der Waals surface area contributed by atoms with Crippen LogP contribution in [0.25, 0.3) is 0 Å². The number of nitrogens with one attached hydrogen (secondary N) is 1. The molecule has 0 unspecified atom stereocenters. The highest BCUT2D eigenvalue weighted by atomic mass is 32.2. The highest BCUT2D eigenvalue weighted by molar-refractivity contribution is 7.89. The van der Waals surface area contributed by atoms with Crippen LogP contribution in [0.5, 0.6) is 0 Å². The molecule has 0 bridgehead atoms. The van der Waals surface area contributed by atoms with Crippen LogP contribution in [0.1, 0.15) is 28.8 Å². The largest absolute Gasteiger partial charge is 0.281 e. The van der Waals surface area contributed by atoms with E-state index in [-0.39, 0.29) is 10.8 Å². The van der Waals surface area contributed by atoms with Crippen LogP contribution in [0, 0.1) is 0 Å². The van der Waals surface area contributed by atoms with Gasteiger partial charge in [-0.15, -0.1) is 0 Å². The summed E-state index contributed by atoms with van der Waals surface area (Å²) in [5, 5.41) is 1.78. The van der Waals surface area contributed by atoms with Crippen LogP contribution in [0.2, 0.25) is 0 Å². The zero-order valence-corrected chi connectivity index (χ0v) is 18.0. The second-order valence-corrected chi connectivity index (χ2v) is 9.42. The molecule has 160 valence electrons. The van der Waals surface area contributed by atoms with E-state index < -0.39 is 10.0 Å². The Morgan fingerprint density at radius 3 is 2.03 bits per heavy atom. The van der Waals surface area contributed by atoms with Gasteiger partial charge in [-0.05, 0) is 54.8 Å². The molecule has 3 aromatic rings. The Balaban J connectivity index is 1.52. The lowest BCUT2D eigenvalue weighted by atomic mass is 10.2. The Labute approximate surface area is 183 Å². The molecule has 1 N–H and O–H groups in total. The van der Waals surface area contributed by atoms with Crippen LogP contribution < -0.4 is 10.4 Å². The molecule has 31 heavy (non-hydrogen) atoms. The van der Waals surface area contributed by atoms with Gasteiger partial charge in [0.15, 0.2) is 0 Å². The van der Waals surface area contributed by atoms with E-state index in [0.717, 1.165) is 24.1 Å². The summed E-state index contributed by atoms with van der Waals surface area (Å²) >= 11 is 0. The standard InChI is InChI=1S/C24H25N3O3S/c28-24(21-13-15-23(16-14-21)31(29,30)26-17-7-8-18-26)25-27(22-11-5-2-6-12-22)19-20-9-3-1-4-10-20/h1-6,9-16H,7-8,17-19H2,(H,25,28). The lowest BCUT2D eigenvalue weighted by Gasteiger charge is -2.25. The zero-order valence-electron chi connectivity index (χ0n) is 17.1. The van der Waals surface area contributed by atoms with E-state index in [4.69, 9.17) is 0 Å². The van der Waals surface area contributed by atoms with Gasteiger partial charge in [-0.3, -0.25) is 15.2 Å². The number of nitrogens with zero attached hydrogens (tertiary/aromatic N) is 2. The summed E-state index contributed by atoms with van der Waals surface area (Å²) in [6, 6.07) is 25.6. The normalized spacial score (nSPS) is 14.3. The third-order valence-corrected chi connectivity index (χ3v) is 7.22. The summed E-state index contributed by atoms with van der Waals surface area (Å²) in [6.45, 7) is 1.60. The van der Waals surface area contributed by atoms with Gasteiger partial charge in [0.05, 0.1) is 17.1 Å². The van der Waals surface area contributed by atoms with Gasteiger partial charge < -0.3 is 0 Å². The summed E-state index contributed by atoms with van der Waals surface area (Å²) in [5.74, 6) is -0.301. The lowest BCUT2D eigenvalue weighted by Crippen LogP contribution is -2.42. The van der Waals surface area contributed by atoms with Crippen molar-refractivity contribution in [3.8, 4) is 0 Å². The van der Waals surface area contributed by atoms with E-state index in [1.54, 1.807) is 17.1 Å². The molecule has 3 aromatic carbocycles. The van der Waals surface area contributed by atoms with Gasteiger partial charge in [-0.25, -0.2) is 8.42 Å². The minimum absolute atomic E-state index is 0.218. The number of hydrazine groups is 1. The van der Waals surface area contributed by atoms with Crippen LogP contribution >= 0.6 is 0 Å². The summed E-state index contributed by atoms with van der Waals surface area (Å²) in [5.41, 5.74) is 5.25. The van der Waals surface area contributed by atoms with Gasteiger partial charge in [-0.2, -0.15) is 4.31 Å². The molecular formula is C24H25N3O3S. The van der Waals surface area contributed by atoms with E-state index in [1.807, 2.05) is 60.7 Å². The van der Waals surface area contributed by atoms with Crippen molar-refractivity contribution in [3.05, 3.63) is 96.1 Å². The summed E-state index contributed by atoms with van der Waals surface area (Å²) < 4.78 is 26.9. The van der Waals surface area contributed by atoms with Crippen molar-refractivity contribution in [2.24, 2.45) is 0 Å². The number of anilines is 1. The second kappa shape index (κ2) is 9.32. The number of carbonyl (C=O) groups excluding carboxylic acids is 1. The van der Waals surface area contributed by atoms with Crippen molar-refractivity contribution in [2.45, 2.75) is 24.3 Å². The van der Waals surface area contributed by atoms with E-state index in [1.165, 1.54) is 16.4 Å². The fourth-order valence-corrected chi connectivity index (χ4v) is 5.13. The summed E-state index contributed by atoms with van der Waals surface area (Å²) in [4.78, 5) is 13.1. The van der Waals surface area contributed by atoms with E-state index in [9.17, 15) is 13.2 Å². The Morgan fingerprint density at radius 1 is 0.839 bits per heavy atom. The lowest BCUT2D eigenvalue weighted by molar-refractivity contribution is 0.0948. The molecule has 0 atom stereocenters. The Bertz CT molecular complexity index is 1110. The highest BCUT2D eigenvalue weighted by Gasteiger charge is 2.27. The predicted molar refractivity (Wildman–Crippen MR) is 121 cm³/mol.